The molecule has 0 aromatic rings. The standard InChI is InChI=1S/C5H11NS.H2/c1-5(6)3-4-7-2;/h1,3-4,6H2,2H3;1H. The number of hydrogen-bond acceptors (Lipinski definition) is 2. The Balaban J connectivity index is 0. The molecular formula is C5H13NS. The fourth-order valence-corrected chi connectivity index (χ4v) is 0.699. The molecule has 0 aromatic heterocycles. The van der Waals surface area contributed by atoms with Gasteiger partial charge in [0.15, 0.2) is 0 Å². The Labute approximate surface area is 50.5 Å². The average Bonchev–Trinajstić information content (AvgIpc) is 1.61. The molecular weight excluding hydrogens is 106 g/mol. The summed E-state index contributed by atoms with van der Waals surface area (Å²) in [4.78, 5) is 0. The zero-order valence-electron chi connectivity index (χ0n) is 4.61. The van der Waals surface area contributed by atoms with Gasteiger partial charge in [-0.15, -0.1) is 0 Å². The Hall–Kier alpha value is -0.110. The molecule has 0 fully saturated rings. The minimum absolute atomic E-state index is 0. The van der Waals surface area contributed by atoms with Gasteiger partial charge in [0.05, 0.1) is 0 Å². The molecule has 0 unspecified atom stereocenters. The lowest BCUT2D eigenvalue weighted by atomic mass is 10.4. The van der Waals surface area contributed by atoms with Crippen molar-refractivity contribution in [2.24, 2.45) is 5.73 Å². The summed E-state index contributed by atoms with van der Waals surface area (Å²) >= 11 is 1.79. The summed E-state index contributed by atoms with van der Waals surface area (Å²) in [6.07, 6.45) is 3.00. The quantitative estimate of drug-likeness (QED) is 0.608. The van der Waals surface area contributed by atoms with E-state index in [0.717, 1.165) is 17.9 Å². The molecule has 0 atom stereocenters. The second-order valence-corrected chi connectivity index (χ2v) is 2.39. The average molecular weight is 119 g/mol. The molecule has 44 valence electrons. The molecule has 0 aromatic carbocycles. The Kier molecular flexibility index (Phi) is 4.00. The minimum atomic E-state index is 0. The van der Waals surface area contributed by atoms with Gasteiger partial charge in [0.2, 0.25) is 0 Å². The van der Waals surface area contributed by atoms with Crippen molar-refractivity contribution in [3.63, 3.8) is 0 Å². The molecule has 0 radical (unpaired) electrons. The second-order valence-electron chi connectivity index (χ2n) is 1.40. The van der Waals surface area contributed by atoms with E-state index in [1.54, 1.807) is 11.8 Å². The van der Waals surface area contributed by atoms with E-state index in [1.807, 2.05) is 0 Å². The van der Waals surface area contributed by atoms with Crippen LogP contribution in [0.2, 0.25) is 0 Å². The van der Waals surface area contributed by atoms with Crippen LogP contribution in [-0.4, -0.2) is 12.0 Å². The first kappa shape index (κ1) is 6.89. The predicted octanol–water partition coefficient (Wildman–Crippen LogP) is 1.46. The van der Waals surface area contributed by atoms with Crippen LogP contribution in [0, 0.1) is 0 Å². The number of rotatable bonds is 3. The summed E-state index contributed by atoms with van der Waals surface area (Å²) < 4.78 is 0. The van der Waals surface area contributed by atoms with Crippen LogP contribution in [0.15, 0.2) is 12.3 Å². The van der Waals surface area contributed by atoms with Gasteiger partial charge >= 0.3 is 0 Å². The molecule has 2 heteroatoms. The zero-order valence-corrected chi connectivity index (χ0v) is 5.42. The monoisotopic (exact) mass is 119 g/mol. The lowest BCUT2D eigenvalue weighted by molar-refractivity contribution is 1.09. The van der Waals surface area contributed by atoms with Crippen molar-refractivity contribution in [1.82, 2.24) is 0 Å². The van der Waals surface area contributed by atoms with Crippen LogP contribution in [0.4, 0.5) is 0 Å². The first-order valence-electron chi connectivity index (χ1n) is 2.19. The van der Waals surface area contributed by atoms with Crippen LogP contribution in [0.1, 0.15) is 7.85 Å². The van der Waals surface area contributed by atoms with Gasteiger partial charge in [-0.1, -0.05) is 6.58 Å². The van der Waals surface area contributed by atoms with Crippen LogP contribution < -0.4 is 5.73 Å². The summed E-state index contributed by atoms with van der Waals surface area (Å²) in [7, 11) is 0. The molecule has 0 aliphatic heterocycles. The molecule has 0 spiro atoms. The maximum atomic E-state index is 5.27. The summed E-state index contributed by atoms with van der Waals surface area (Å²) in [6.45, 7) is 3.56. The summed E-state index contributed by atoms with van der Waals surface area (Å²) in [5, 5.41) is 0. The van der Waals surface area contributed by atoms with E-state index in [2.05, 4.69) is 12.8 Å². The molecule has 0 amide bonds. The first-order valence-corrected chi connectivity index (χ1v) is 3.59. The summed E-state index contributed by atoms with van der Waals surface area (Å²) in [6, 6.07) is 0. The van der Waals surface area contributed by atoms with Gasteiger partial charge in [-0.05, 0) is 18.4 Å². The summed E-state index contributed by atoms with van der Waals surface area (Å²) in [5.74, 6) is 1.09. The number of hydrogen-bond donors (Lipinski definition) is 1. The third kappa shape index (κ3) is 5.89. The highest BCUT2D eigenvalue weighted by Gasteiger charge is 1.81. The van der Waals surface area contributed by atoms with Crippen molar-refractivity contribution >= 4 is 11.8 Å². The highest BCUT2D eigenvalue weighted by molar-refractivity contribution is 7.98. The maximum absolute atomic E-state index is 5.27. The van der Waals surface area contributed by atoms with Crippen molar-refractivity contribution < 1.29 is 1.43 Å². The van der Waals surface area contributed by atoms with Crippen molar-refractivity contribution in [2.75, 3.05) is 12.0 Å². The van der Waals surface area contributed by atoms with E-state index in [0.29, 0.717) is 0 Å². The van der Waals surface area contributed by atoms with Crippen LogP contribution in [0.3, 0.4) is 0 Å². The Morgan fingerprint density at radius 2 is 2.57 bits per heavy atom. The number of nitrogens with two attached hydrogens (primary N) is 1. The Morgan fingerprint density at radius 3 is 2.71 bits per heavy atom. The third-order valence-electron chi connectivity index (χ3n) is 0.627. The van der Waals surface area contributed by atoms with Gasteiger partial charge in [-0.25, -0.2) is 0 Å². The van der Waals surface area contributed by atoms with E-state index in [-0.39, 0.29) is 1.43 Å². The summed E-state index contributed by atoms with van der Waals surface area (Å²) in [5.41, 5.74) is 6.06. The number of allylic oxidation sites excluding steroid dienone is 1. The van der Waals surface area contributed by atoms with E-state index in [4.69, 9.17) is 5.73 Å². The lowest BCUT2D eigenvalue weighted by Gasteiger charge is -1.92. The van der Waals surface area contributed by atoms with Gasteiger partial charge < -0.3 is 5.73 Å². The maximum Gasteiger partial charge on any atom is 0.00157 e. The van der Waals surface area contributed by atoms with E-state index < -0.39 is 0 Å². The number of thioether (sulfide) groups is 1. The molecule has 0 aliphatic carbocycles. The van der Waals surface area contributed by atoms with Crippen molar-refractivity contribution in [3.8, 4) is 0 Å². The molecule has 0 rings (SSSR count). The van der Waals surface area contributed by atoms with E-state index >= 15 is 0 Å². The lowest BCUT2D eigenvalue weighted by Crippen LogP contribution is -1.94. The zero-order chi connectivity index (χ0) is 5.70. The van der Waals surface area contributed by atoms with Crippen molar-refractivity contribution in [3.05, 3.63) is 12.3 Å². The molecule has 0 saturated heterocycles. The van der Waals surface area contributed by atoms with Crippen molar-refractivity contribution in [2.45, 2.75) is 6.42 Å². The van der Waals surface area contributed by atoms with E-state index in [1.165, 1.54) is 0 Å². The van der Waals surface area contributed by atoms with Crippen LogP contribution in [-0.2, 0) is 0 Å². The first-order chi connectivity index (χ1) is 3.27. The van der Waals surface area contributed by atoms with Gasteiger partial charge in [0.25, 0.3) is 0 Å². The minimum Gasteiger partial charge on any atom is -0.402 e. The fourth-order valence-electron chi connectivity index (χ4n) is 0.233. The fraction of sp³-hybridized carbons (Fsp3) is 0.600. The van der Waals surface area contributed by atoms with Crippen LogP contribution >= 0.6 is 11.8 Å². The highest BCUT2D eigenvalue weighted by Crippen LogP contribution is 1.97. The Bertz CT molecular complexity index is 65.4. The smallest absolute Gasteiger partial charge is 0.00157 e. The normalized spacial score (nSPS) is 8.71. The topological polar surface area (TPSA) is 26.0 Å². The SMILES string of the molecule is C=C(N)CCSC.[HH]. The molecule has 7 heavy (non-hydrogen) atoms. The van der Waals surface area contributed by atoms with Gasteiger partial charge in [0.1, 0.15) is 0 Å². The third-order valence-corrected chi connectivity index (χ3v) is 1.24. The van der Waals surface area contributed by atoms with Gasteiger partial charge in [-0.2, -0.15) is 11.8 Å². The molecule has 2 N–H and O–H groups in total. The van der Waals surface area contributed by atoms with Crippen LogP contribution in [0.25, 0.3) is 0 Å². The highest BCUT2D eigenvalue weighted by atomic mass is 32.2. The molecule has 0 bridgehead atoms. The largest absolute Gasteiger partial charge is 0.402 e. The predicted molar refractivity (Wildman–Crippen MR) is 38.4 cm³/mol. The molecule has 0 heterocycles. The van der Waals surface area contributed by atoms with Gasteiger partial charge in [0, 0.05) is 7.12 Å². The van der Waals surface area contributed by atoms with Gasteiger partial charge in [-0.3, -0.25) is 0 Å². The molecule has 1 nitrogen and oxygen atoms in total. The molecule has 0 aliphatic rings. The Morgan fingerprint density at radius 1 is 2.00 bits per heavy atom. The van der Waals surface area contributed by atoms with E-state index in [9.17, 15) is 0 Å². The molecule has 0 saturated carbocycles. The second kappa shape index (κ2) is 4.06. The van der Waals surface area contributed by atoms with Crippen LogP contribution in [0.5, 0.6) is 0 Å². The van der Waals surface area contributed by atoms with Crippen molar-refractivity contribution in [1.29, 1.82) is 0 Å².